The van der Waals surface area contributed by atoms with Crippen molar-refractivity contribution in [3.05, 3.63) is 34.4 Å². The van der Waals surface area contributed by atoms with Gasteiger partial charge >= 0.3 is 5.69 Å². The van der Waals surface area contributed by atoms with E-state index in [-0.39, 0.29) is 18.1 Å². The number of morpholine rings is 1. The van der Waals surface area contributed by atoms with Crippen molar-refractivity contribution in [3.63, 3.8) is 0 Å². The molecule has 1 fully saturated rings. The summed E-state index contributed by atoms with van der Waals surface area (Å²) in [6.45, 7) is 5.15. The first-order valence-corrected chi connectivity index (χ1v) is 6.93. The second kappa shape index (κ2) is 9.55. The number of benzene rings is 1. The molecule has 0 saturated carbocycles. The average molecular weight is 317 g/mol. The molecule has 21 heavy (non-hydrogen) atoms. The Morgan fingerprint density at radius 2 is 1.95 bits per heavy atom. The zero-order valence-electron chi connectivity index (χ0n) is 11.9. The first kappa shape index (κ1) is 17.7. The van der Waals surface area contributed by atoms with Crippen LogP contribution in [0, 0.1) is 10.1 Å². The molecule has 0 aromatic heterocycles. The molecule has 1 aromatic carbocycles. The summed E-state index contributed by atoms with van der Waals surface area (Å²) >= 11 is 0. The van der Waals surface area contributed by atoms with Crippen molar-refractivity contribution in [3.8, 4) is 5.75 Å². The van der Waals surface area contributed by atoms with E-state index >= 15 is 0 Å². The number of nitrogens with zero attached hydrogens (tertiary/aromatic N) is 2. The lowest BCUT2D eigenvalue weighted by molar-refractivity contribution is -0.385. The molecular weight excluding hydrogens is 296 g/mol. The summed E-state index contributed by atoms with van der Waals surface area (Å²) in [4.78, 5) is 12.8. The van der Waals surface area contributed by atoms with Crippen LogP contribution in [0.1, 0.15) is 12.8 Å². The summed E-state index contributed by atoms with van der Waals surface area (Å²) in [5, 5.41) is 10.8. The quantitative estimate of drug-likeness (QED) is 0.439. The average Bonchev–Trinajstić information content (AvgIpc) is 2.48. The molecule has 0 radical (unpaired) electrons. The highest BCUT2D eigenvalue weighted by Crippen LogP contribution is 2.25. The predicted molar refractivity (Wildman–Crippen MR) is 82.3 cm³/mol. The molecule has 0 bridgehead atoms. The molecule has 0 N–H and O–H groups in total. The van der Waals surface area contributed by atoms with Gasteiger partial charge in [0.1, 0.15) is 0 Å². The van der Waals surface area contributed by atoms with Gasteiger partial charge in [0.25, 0.3) is 0 Å². The largest absolute Gasteiger partial charge is 0.487 e. The number of ether oxygens (including phenoxy) is 2. The van der Waals surface area contributed by atoms with E-state index in [1.54, 1.807) is 18.2 Å². The number of para-hydroxylation sites is 2. The van der Waals surface area contributed by atoms with Crippen LogP contribution in [0.2, 0.25) is 0 Å². The molecule has 1 aliphatic rings. The third-order valence-electron chi connectivity index (χ3n) is 3.29. The maximum Gasteiger partial charge on any atom is 0.310 e. The van der Waals surface area contributed by atoms with Crippen molar-refractivity contribution in [1.29, 1.82) is 0 Å². The summed E-state index contributed by atoms with van der Waals surface area (Å²) in [7, 11) is 0. The Balaban J connectivity index is 0.00000220. The van der Waals surface area contributed by atoms with E-state index in [2.05, 4.69) is 4.90 Å². The van der Waals surface area contributed by atoms with E-state index in [1.807, 2.05) is 0 Å². The van der Waals surface area contributed by atoms with E-state index in [1.165, 1.54) is 6.07 Å². The lowest BCUT2D eigenvalue weighted by atomic mass is 10.2. The van der Waals surface area contributed by atoms with Crippen molar-refractivity contribution >= 4 is 18.1 Å². The third-order valence-corrected chi connectivity index (χ3v) is 3.29. The first-order chi connectivity index (χ1) is 9.77. The van der Waals surface area contributed by atoms with Gasteiger partial charge in [0.05, 0.1) is 24.7 Å². The summed E-state index contributed by atoms with van der Waals surface area (Å²) in [5.41, 5.74) is 0.0284. The van der Waals surface area contributed by atoms with Crippen LogP contribution in [-0.2, 0) is 4.74 Å². The minimum Gasteiger partial charge on any atom is -0.487 e. The van der Waals surface area contributed by atoms with Crippen LogP contribution in [0.4, 0.5) is 5.69 Å². The molecule has 1 aromatic rings. The lowest BCUT2D eigenvalue weighted by Crippen LogP contribution is -2.36. The Bertz CT molecular complexity index is 439. The smallest absolute Gasteiger partial charge is 0.310 e. The number of rotatable bonds is 7. The van der Waals surface area contributed by atoms with Gasteiger partial charge in [0, 0.05) is 19.2 Å². The normalized spacial score (nSPS) is 15.2. The highest BCUT2D eigenvalue weighted by molar-refractivity contribution is 5.85. The summed E-state index contributed by atoms with van der Waals surface area (Å²) in [6.07, 6.45) is 1.92. The fourth-order valence-corrected chi connectivity index (χ4v) is 2.17. The Morgan fingerprint density at radius 1 is 1.24 bits per heavy atom. The number of hydrogen-bond donors (Lipinski definition) is 0. The van der Waals surface area contributed by atoms with E-state index in [4.69, 9.17) is 9.47 Å². The first-order valence-electron chi connectivity index (χ1n) is 6.93. The molecule has 1 aliphatic heterocycles. The van der Waals surface area contributed by atoms with Crippen LogP contribution in [0.3, 0.4) is 0 Å². The Kier molecular flexibility index (Phi) is 8.04. The van der Waals surface area contributed by atoms with Gasteiger partial charge < -0.3 is 9.47 Å². The minimum atomic E-state index is -0.414. The second-order valence-electron chi connectivity index (χ2n) is 4.73. The highest BCUT2D eigenvalue weighted by atomic mass is 35.5. The molecule has 0 amide bonds. The molecule has 7 heteroatoms. The van der Waals surface area contributed by atoms with Gasteiger partial charge in [-0.15, -0.1) is 12.4 Å². The van der Waals surface area contributed by atoms with Crippen LogP contribution < -0.4 is 4.74 Å². The summed E-state index contributed by atoms with van der Waals surface area (Å²) in [5.74, 6) is 0.351. The van der Waals surface area contributed by atoms with E-state index in [9.17, 15) is 10.1 Å². The monoisotopic (exact) mass is 316 g/mol. The molecule has 0 spiro atoms. The van der Waals surface area contributed by atoms with Gasteiger partial charge in [-0.25, -0.2) is 0 Å². The highest BCUT2D eigenvalue weighted by Gasteiger charge is 2.13. The number of nitro benzene ring substituents is 1. The molecule has 0 unspecified atom stereocenters. The molecule has 118 valence electrons. The van der Waals surface area contributed by atoms with E-state index in [0.29, 0.717) is 12.4 Å². The number of hydrogen-bond acceptors (Lipinski definition) is 5. The number of unbranched alkanes of at least 4 members (excludes halogenated alkanes) is 1. The molecule has 2 rings (SSSR count). The van der Waals surface area contributed by atoms with Crippen LogP contribution in [-0.4, -0.2) is 49.3 Å². The Morgan fingerprint density at radius 3 is 2.67 bits per heavy atom. The predicted octanol–water partition coefficient (Wildman–Crippen LogP) is 2.51. The third kappa shape index (κ3) is 5.87. The molecule has 0 aliphatic carbocycles. The summed E-state index contributed by atoms with van der Waals surface area (Å²) < 4.78 is 10.8. The van der Waals surface area contributed by atoms with E-state index < -0.39 is 4.92 Å². The molecule has 1 saturated heterocycles. The van der Waals surface area contributed by atoms with Gasteiger partial charge in [0.2, 0.25) is 0 Å². The van der Waals surface area contributed by atoms with Crippen molar-refractivity contribution in [2.24, 2.45) is 0 Å². The SMILES string of the molecule is Cl.O=[N+]([O-])c1ccccc1OCCCCN1CCOCC1. The minimum absolute atomic E-state index is 0. The molecule has 0 atom stereocenters. The summed E-state index contributed by atoms with van der Waals surface area (Å²) in [6, 6.07) is 6.49. The zero-order chi connectivity index (χ0) is 14.2. The maximum atomic E-state index is 10.8. The van der Waals surface area contributed by atoms with Gasteiger partial charge in [-0.05, 0) is 25.5 Å². The van der Waals surface area contributed by atoms with Gasteiger partial charge in [-0.2, -0.15) is 0 Å². The molecular formula is C14H21ClN2O4. The van der Waals surface area contributed by atoms with Crippen LogP contribution in [0.25, 0.3) is 0 Å². The zero-order valence-corrected chi connectivity index (χ0v) is 12.7. The van der Waals surface area contributed by atoms with Crippen LogP contribution in [0.5, 0.6) is 5.75 Å². The number of halogens is 1. The fraction of sp³-hybridized carbons (Fsp3) is 0.571. The number of nitro groups is 1. The van der Waals surface area contributed by atoms with Gasteiger partial charge in [-0.3, -0.25) is 15.0 Å². The molecule has 1 heterocycles. The van der Waals surface area contributed by atoms with Crippen molar-refractivity contribution in [2.75, 3.05) is 39.5 Å². The topological polar surface area (TPSA) is 64.8 Å². The fourth-order valence-electron chi connectivity index (χ4n) is 2.17. The van der Waals surface area contributed by atoms with Gasteiger partial charge in [0.15, 0.2) is 5.75 Å². The van der Waals surface area contributed by atoms with Crippen LogP contribution >= 0.6 is 12.4 Å². The second-order valence-corrected chi connectivity index (χ2v) is 4.73. The van der Waals surface area contributed by atoms with Crippen molar-refractivity contribution in [1.82, 2.24) is 4.90 Å². The van der Waals surface area contributed by atoms with E-state index in [0.717, 1.165) is 45.7 Å². The van der Waals surface area contributed by atoms with Gasteiger partial charge in [-0.1, -0.05) is 12.1 Å². The van der Waals surface area contributed by atoms with Crippen molar-refractivity contribution in [2.45, 2.75) is 12.8 Å². The Labute approximate surface area is 130 Å². The Hall–Kier alpha value is -1.37. The van der Waals surface area contributed by atoms with Crippen LogP contribution in [0.15, 0.2) is 24.3 Å². The standard InChI is InChI=1S/C14H20N2O4.ClH/c17-16(18)13-5-1-2-6-14(13)20-10-4-3-7-15-8-11-19-12-9-15;/h1-2,5-6H,3-4,7-12H2;1H. The lowest BCUT2D eigenvalue weighted by Gasteiger charge is -2.26. The molecule has 6 nitrogen and oxygen atoms in total. The maximum absolute atomic E-state index is 10.8. The van der Waals surface area contributed by atoms with Crippen molar-refractivity contribution < 1.29 is 14.4 Å².